The second-order valence-corrected chi connectivity index (χ2v) is 6.66. The van der Waals surface area contributed by atoms with Gasteiger partial charge in [-0.25, -0.2) is 0 Å². The third-order valence-electron chi connectivity index (χ3n) is 4.15. The highest BCUT2D eigenvalue weighted by atomic mass is 16.5. The quantitative estimate of drug-likeness (QED) is 0.844. The molecule has 1 aromatic carbocycles. The molecule has 1 fully saturated rings. The average Bonchev–Trinajstić information content (AvgIpc) is 2.48. The number of carbonyl (C=O) groups is 1. The smallest absolute Gasteiger partial charge is 0.224 e. The number of hydrogen-bond donors (Lipinski definition) is 2. The van der Waals surface area contributed by atoms with Crippen LogP contribution in [0.25, 0.3) is 0 Å². The lowest BCUT2D eigenvalue weighted by Gasteiger charge is -2.28. The van der Waals surface area contributed by atoms with Crippen molar-refractivity contribution in [3.8, 4) is 5.75 Å². The van der Waals surface area contributed by atoms with Gasteiger partial charge in [-0.05, 0) is 36.8 Å². The largest absolute Gasteiger partial charge is 0.491 e. The third kappa shape index (κ3) is 5.02. The van der Waals surface area contributed by atoms with Crippen molar-refractivity contribution in [2.45, 2.75) is 52.0 Å². The lowest BCUT2D eigenvalue weighted by molar-refractivity contribution is -0.117. The van der Waals surface area contributed by atoms with E-state index in [1.807, 2.05) is 24.3 Å². The van der Waals surface area contributed by atoms with E-state index in [0.717, 1.165) is 24.3 Å². The van der Waals surface area contributed by atoms with Crippen molar-refractivity contribution < 1.29 is 9.53 Å². The van der Waals surface area contributed by atoms with Crippen LogP contribution in [-0.2, 0) is 4.79 Å². The molecule has 1 amide bonds. The molecule has 0 aromatic heterocycles. The van der Waals surface area contributed by atoms with Gasteiger partial charge in [0, 0.05) is 12.5 Å². The first-order chi connectivity index (χ1) is 10.6. The first kappa shape index (κ1) is 16.8. The molecule has 0 spiro atoms. The lowest BCUT2D eigenvalue weighted by Crippen LogP contribution is -2.35. The minimum absolute atomic E-state index is 0.0305. The molecule has 1 saturated carbocycles. The molecule has 0 saturated heterocycles. The Bertz CT molecular complexity index is 488. The maximum atomic E-state index is 12.3. The monoisotopic (exact) mass is 304 g/mol. The van der Waals surface area contributed by atoms with E-state index in [4.69, 9.17) is 10.5 Å². The standard InChI is InChI=1S/C18H28N2O2/c1-13(2)12-22-17-10-6-5-9-16(17)20-18(21)11-14-7-3-4-8-15(14)19/h5-6,9-10,13-15H,3-4,7-8,11-12,19H2,1-2H3,(H,20,21). The Morgan fingerprint density at radius 1 is 1.32 bits per heavy atom. The third-order valence-corrected chi connectivity index (χ3v) is 4.15. The second-order valence-electron chi connectivity index (χ2n) is 6.66. The molecule has 1 aliphatic rings. The minimum Gasteiger partial charge on any atom is -0.491 e. The number of nitrogens with one attached hydrogen (secondary N) is 1. The Balaban J connectivity index is 1.93. The summed E-state index contributed by atoms with van der Waals surface area (Å²) in [6.07, 6.45) is 4.96. The number of benzene rings is 1. The molecule has 0 radical (unpaired) electrons. The molecule has 4 heteroatoms. The molecule has 3 N–H and O–H groups in total. The van der Waals surface area contributed by atoms with E-state index in [2.05, 4.69) is 19.2 Å². The van der Waals surface area contributed by atoms with E-state index in [9.17, 15) is 4.79 Å². The summed E-state index contributed by atoms with van der Waals surface area (Å²) in [7, 11) is 0. The fourth-order valence-electron chi connectivity index (χ4n) is 2.88. The van der Waals surface area contributed by atoms with E-state index < -0.39 is 0 Å². The zero-order valence-corrected chi connectivity index (χ0v) is 13.7. The Kier molecular flexibility index (Phi) is 6.25. The summed E-state index contributed by atoms with van der Waals surface area (Å²) < 4.78 is 5.77. The fourth-order valence-corrected chi connectivity index (χ4v) is 2.88. The molecule has 1 aromatic rings. The van der Waals surface area contributed by atoms with Crippen LogP contribution >= 0.6 is 0 Å². The molecular formula is C18H28N2O2. The lowest BCUT2D eigenvalue weighted by atomic mass is 9.83. The average molecular weight is 304 g/mol. The van der Waals surface area contributed by atoms with E-state index >= 15 is 0 Å². The van der Waals surface area contributed by atoms with Crippen molar-refractivity contribution in [1.82, 2.24) is 0 Å². The maximum absolute atomic E-state index is 12.3. The van der Waals surface area contributed by atoms with E-state index in [0.29, 0.717) is 24.9 Å². The summed E-state index contributed by atoms with van der Waals surface area (Å²) in [5.41, 5.74) is 6.87. The highest BCUT2D eigenvalue weighted by molar-refractivity contribution is 5.92. The molecule has 0 heterocycles. The second kappa shape index (κ2) is 8.18. The van der Waals surface area contributed by atoms with Gasteiger partial charge in [0.1, 0.15) is 5.75 Å². The number of nitrogens with two attached hydrogens (primary N) is 1. The number of hydrogen-bond acceptors (Lipinski definition) is 3. The molecular weight excluding hydrogens is 276 g/mol. The summed E-state index contributed by atoms with van der Waals surface area (Å²) in [6, 6.07) is 7.76. The van der Waals surface area contributed by atoms with Gasteiger partial charge < -0.3 is 15.8 Å². The molecule has 2 atom stereocenters. The van der Waals surface area contributed by atoms with Crippen LogP contribution in [0.15, 0.2) is 24.3 Å². The Morgan fingerprint density at radius 2 is 2.05 bits per heavy atom. The summed E-state index contributed by atoms with van der Waals surface area (Å²) in [5, 5.41) is 2.98. The van der Waals surface area contributed by atoms with Crippen molar-refractivity contribution in [1.29, 1.82) is 0 Å². The van der Waals surface area contributed by atoms with E-state index in [1.54, 1.807) is 0 Å². The number of ether oxygens (including phenoxy) is 1. The van der Waals surface area contributed by atoms with Crippen molar-refractivity contribution in [3.63, 3.8) is 0 Å². The summed E-state index contributed by atoms with van der Waals surface area (Å²) in [4.78, 5) is 12.3. The Morgan fingerprint density at radius 3 is 2.77 bits per heavy atom. The predicted octanol–water partition coefficient (Wildman–Crippen LogP) is 3.57. The van der Waals surface area contributed by atoms with Gasteiger partial charge in [0.05, 0.1) is 12.3 Å². The van der Waals surface area contributed by atoms with Crippen LogP contribution in [0.5, 0.6) is 5.75 Å². The molecule has 122 valence electrons. The van der Waals surface area contributed by atoms with Crippen LogP contribution in [-0.4, -0.2) is 18.6 Å². The van der Waals surface area contributed by atoms with E-state index in [1.165, 1.54) is 12.8 Å². The number of rotatable bonds is 6. The predicted molar refractivity (Wildman–Crippen MR) is 90.0 cm³/mol. The van der Waals surface area contributed by atoms with E-state index in [-0.39, 0.29) is 11.9 Å². The number of anilines is 1. The normalized spacial score (nSPS) is 21.6. The highest BCUT2D eigenvalue weighted by Gasteiger charge is 2.24. The van der Waals surface area contributed by atoms with Gasteiger partial charge in [0.15, 0.2) is 0 Å². The first-order valence-electron chi connectivity index (χ1n) is 8.33. The summed E-state index contributed by atoms with van der Waals surface area (Å²) in [6.45, 7) is 4.84. The number of carbonyl (C=O) groups excluding carboxylic acids is 1. The van der Waals surface area contributed by atoms with Crippen LogP contribution in [0.3, 0.4) is 0 Å². The molecule has 2 unspecified atom stereocenters. The molecule has 0 bridgehead atoms. The molecule has 1 aliphatic carbocycles. The SMILES string of the molecule is CC(C)COc1ccccc1NC(=O)CC1CCCCC1N. The van der Waals surface area contributed by atoms with Crippen molar-refractivity contribution in [3.05, 3.63) is 24.3 Å². The molecule has 0 aliphatic heterocycles. The topological polar surface area (TPSA) is 64.3 Å². The van der Waals surface area contributed by atoms with Crippen LogP contribution in [0.2, 0.25) is 0 Å². The zero-order chi connectivity index (χ0) is 15.9. The number of amides is 1. The van der Waals surface area contributed by atoms with Crippen LogP contribution in [0.4, 0.5) is 5.69 Å². The maximum Gasteiger partial charge on any atom is 0.224 e. The molecule has 22 heavy (non-hydrogen) atoms. The number of para-hydroxylation sites is 2. The minimum atomic E-state index is 0.0305. The molecule has 2 rings (SSSR count). The van der Waals surface area contributed by atoms with Gasteiger partial charge in [-0.1, -0.05) is 38.8 Å². The van der Waals surface area contributed by atoms with Crippen LogP contribution in [0, 0.1) is 11.8 Å². The van der Waals surface area contributed by atoms with Gasteiger partial charge in [-0.2, -0.15) is 0 Å². The van der Waals surface area contributed by atoms with Crippen molar-refractivity contribution in [2.75, 3.05) is 11.9 Å². The Hall–Kier alpha value is -1.55. The van der Waals surface area contributed by atoms with Gasteiger partial charge in [0.25, 0.3) is 0 Å². The fraction of sp³-hybridized carbons (Fsp3) is 0.611. The van der Waals surface area contributed by atoms with Gasteiger partial charge >= 0.3 is 0 Å². The van der Waals surface area contributed by atoms with Crippen molar-refractivity contribution >= 4 is 11.6 Å². The Labute approximate surface area is 133 Å². The first-order valence-corrected chi connectivity index (χ1v) is 8.33. The summed E-state index contributed by atoms with van der Waals surface area (Å²) in [5.74, 6) is 1.52. The van der Waals surface area contributed by atoms with Crippen molar-refractivity contribution in [2.24, 2.45) is 17.6 Å². The van der Waals surface area contributed by atoms with Gasteiger partial charge in [0.2, 0.25) is 5.91 Å². The van der Waals surface area contributed by atoms with Gasteiger partial charge in [-0.15, -0.1) is 0 Å². The van der Waals surface area contributed by atoms with Crippen LogP contribution < -0.4 is 15.8 Å². The summed E-state index contributed by atoms with van der Waals surface area (Å²) >= 11 is 0. The highest BCUT2D eigenvalue weighted by Crippen LogP contribution is 2.28. The zero-order valence-electron chi connectivity index (χ0n) is 13.7. The molecule has 4 nitrogen and oxygen atoms in total. The van der Waals surface area contributed by atoms with Gasteiger partial charge in [-0.3, -0.25) is 4.79 Å². The van der Waals surface area contributed by atoms with Crippen LogP contribution in [0.1, 0.15) is 46.0 Å².